The molecule has 0 heterocycles. The molecule has 0 saturated heterocycles. The van der Waals surface area contributed by atoms with E-state index < -0.39 is 0 Å². The van der Waals surface area contributed by atoms with Gasteiger partial charge in [0, 0.05) is 18.3 Å². The third kappa shape index (κ3) is 4.31. The summed E-state index contributed by atoms with van der Waals surface area (Å²) < 4.78 is 5.12. The molecule has 0 amide bonds. The molecule has 0 saturated carbocycles. The Labute approximate surface area is 102 Å². The third-order valence-electron chi connectivity index (χ3n) is 1.88. The topological polar surface area (TPSA) is 33.3 Å². The predicted octanol–water partition coefficient (Wildman–Crippen LogP) is 2.56. The lowest BCUT2D eigenvalue weighted by Crippen LogP contribution is -2.29. The standard InChI is InChI=1S/C12H16N2OS/c1-9(2)8-13-12(16)14-10-5-4-6-11(7-10)15-3/h4-7H,1,8H2,2-3H3,(H2,13,14,16). The summed E-state index contributed by atoms with van der Waals surface area (Å²) in [4.78, 5) is 0. The first-order chi connectivity index (χ1) is 7.61. The minimum Gasteiger partial charge on any atom is -0.497 e. The number of hydrogen-bond donors (Lipinski definition) is 2. The first-order valence-electron chi connectivity index (χ1n) is 4.95. The van der Waals surface area contributed by atoms with Gasteiger partial charge in [-0.05, 0) is 31.3 Å². The van der Waals surface area contributed by atoms with Crippen LogP contribution in [0.2, 0.25) is 0 Å². The van der Waals surface area contributed by atoms with Crippen LogP contribution in [-0.2, 0) is 0 Å². The van der Waals surface area contributed by atoms with Crippen molar-refractivity contribution in [1.82, 2.24) is 5.32 Å². The molecule has 1 aromatic carbocycles. The van der Waals surface area contributed by atoms with E-state index in [9.17, 15) is 0 Å². The average Bonchev–Trinajstić information content (AvgIpc) is 2.26. The molecule has 1 rings (SSSR count). The molecule has 4 heteroatoms. The first kappa shape index (κ1) is 12.5. The highest BCUT2D eigenvalue weighted by Gasteiger charge is 1.98. The van der Waals surface area contributed by atoms with E-state index in [1.165, 1.54) is 0 Å². The van der Waals surface area contributed by atoms with Crippen LogP contribution in [0.15, 0.2) is 36.4 Å². The van der Waals surface area contributed by atoms with Crippen molar-refractivity contribution in [3.63, 3.8) is 0 Å². The van der Waals surface area contributed by atoms with Crippen LogP contribution in [0.25, 0.3) is 0 Å². The van der Waals surface area contributed by atoms with Gasteiger partial charge in [0.1, 0.15) is 5.75 Å². The van der Waals surface area contributed by atoms with Crippen LogP contribution in [0.3, 0.4) is 0 Å². The molecule has 0 fully saturated rings. The van der Waals surface area contributed by atoms with Crippen LogP contribution in [0.4, 0.5) is 5.69 Å². The molecular formula is C12H16N2OS. The van der Waals surface area contributed by atoms with Crippen LogP contribution in [0.5, 0.6) is 5.75 Å². The highest BCUT2D eigenvalue weighted by molar-refractivity contribution is 7.80. The zero-order valence-corrected chi connectivity index (χ0v) is 10.4. The largest absolute Gasteiger partial charge is 0.497 e. The minimum absolute atomic E-state index is 0.580. The molecule has 0 aliphatic rings. The molecule has 0 unspecified atom stereocenters. The molecule has 0 aliphatic carbocycles. The van der Waals surface area contributed by atoms with Gasteiger partial charge >= 0.3 is 0 Å². The summed E-state index contributed by atoms with van der Waals surface area (Å²) in [5.41, 5.74) is 1.94. The van der Waals surface area contributed by atoms with E-state index in [4.69, 9.17) is 17.0 Å². The van der Waals surface area contributed by atoms with Crippen molar-refractivity contribution < 1.29 is 4.74 Å². The van der Waals surface area contributed by atoms with Crippen LogP contribution < -0.4 is 15.4 Å². The van der Waals surface area contributed by atoms with Crippen LogP contribution in [0, 0.1) is 0 Å². The van der Waals surface area contributed by atoms with Crippen molar-refractivity contribution >= 4 is 23.0 Å². The van der Waals surface area contributed by atoms with Gasteiger partial charge in [0.15, 0.2) is 5.11 Å². The number of thiocarbonyl (C=S) groups is 1. The Morgan fingerprint density at radius 2 is 2.25 bits per heavy atom. The maximum Gasteiger partial charge on any atom is 0.171 e. The predicted molar refractivity (Wildman–Crippen MR) is 72.0 cm³/mol. The van der Waals surface area contributed by atoms with Crippen molar-refractivity contribution in [2.45, 2.75) is 6.92 Å². The second-order valence-corrected chi connectivity index (χ2v) is 3.90. The smallest absolute Gasteiger partial charge is 0.171 e. The van der Waals surface area contributed by atoms with E-state index in [1.807, 2.05) is 31.2 Å². The Balaban J connectivity index is 2.52. The Hall–Kier alpha value is -1.55. The van der Waals surface area contributed by atoms with Gasteiger partial charge in [-0.15, -0.1) is 0 Å². The van der Waals surface area contributed by atoms with Crippen molar-refractivity contribution in [2.75, 3.05) is 19.0 Å². The zero-order valence-electron chi connectivity index (χ0n) is 9.54. The lowest BCUT2D eigenvalue weighted by atomic mass is 10.3. The maximum absolute atomic E-state index is 5.13. The van der Waals surface area contributed by atoms with E-state index in [0.29, 0.717) is 11.7 Å². The first-order valence-corrected chi connectivity index (χ1v) is 5.36. The lowest BCUT2D eigenvalue weighted by molar-refractivity contribution is 0.415. The Morgan fingerprint density at radius 1 is 1.50 bits per heavy atom. The van der Waals surface area contributed by atoms with Gasteiger partial charge in [0.25, 0.3) is 0 Å². The normalized spacial score (nSPS) is 9.38. The van der Waals surface area contributed by atoms with E-state index >= 15 is 0 Å². The molecule has 0 atom stereocenters. The summed E-state index contributed by atoms with van der Waals surface area (Å²) in [7, 11) is 1.64. The number of methoxy groups -OCH3 is 1. The molecule has 16 heavy (non-hydrogen) atoms. The van der Waals surface area contributed by atoms with E-state index in [-0.39, 0.29) is 0 Å². The molecule has 0 spiro atoms. The summed E-state index contributed by atoms with van der Waals surface area (Å²) in [5, 5.41) is 6.70. The zero-order chi connectivity index (χ0) is 12.0. The quantitative estimate of drug-likeness (QED) is 0.622. The molecule has 0 aliphatic heterocycles. The van der Waals surface area contributed by atoms with Gasteiger partial charge in [-0.25, -0.2) is 0 Å². The monoisotopic (exact) mass is 236 g/mol. The van der Waals surface area contributed by atoms with Crippen molar-refractivity contribution in [3.05, 3.63) is 36.4 Å². The van der Waals surface area contributed by atoms with Gasteiger partial charge in [0.2, 0.25) is 0 Å². The molecule has 1 aromatic rings. The summed E-state index contributed by atoms with van der Waals surface area (Å²) in [6.45, 7) is 6.41. The van der Waals surface area contributed by atoms with Gasteiger partial charge in [-0.3, -0.25) is 0 Å². The number of nitrogens with one attached hydrogen (secondary N) is 2. The molecule has 0 aromatic heterocycles. The molecule has 3 nitrogen and oxygen atoms in total. The molecule has 0 radical (unpaired) electrons. The lowest BCUT2D eigenvalue weighted by Gasteiger charge is -2.11. The number of ether oxygens (including phenoxy) is 1. The fourth-order valence-electron chi connectivity index (χ4n) is 1.11. The molecular weight excluding hydrogens is 220 g/mol. The number of anilines is 1. The van der Waals surface area contributed by atoms with Crippen LogP contribution in [0.1, 0.15) is 6.92 Å². The number of hydrogen-bond acceptors (Lipinski definition) is 2. The fraction of sp³-hybridized carbons (Fsp3) is 0.250. The minimum atomic E-state index is 0.580. The molecule has 0 bridgehead atoms. The Morgan fingerprint density at radius 3 is 2.88 bits per heavy atom. The van der Waals surface area contributed by atoms with E-state index in [0.717, 1.165) is 17.0 Å². The van der Waals surface area contributed by atoms with Crippen LogP contribution in [-0.4, -0.2) is 18.8 Å². The number of rotatable bonds is 4. The number of benzene rings is 1. The maximum atomic E-state index is 5.13. The van der Waals surface area contributed by atoms with Gasteiger partial charge < -0.3 is 15.4 Å². The SMILES string of the molecule is C=C(C)CNC(=S)Nc1cccc(OC)c1. The Bertz CT molecular complexity index is 390. The van der Waals surface area contributed by atoms with Gasteiger partial charge in [-0.2, -0.15) is 0 Å². The summed E-state index contributed by atoms with van der Waals surface area (Å²) in [6, 6.07) is 7.60. The van der Waals surface area contributed by atoms with Gasteiger partial charge in [0.05, 0.1) is 7.11 Å². The molecule has 86 valence electrons. The van der Waals surface area contributed by atoms with Crippen molar-refractivity contribution in [3.8, 4) is 5.75 Å². The van der Waals surface area contributed by atoms with E-state index in [1.54, 1.807) is 7.11 Å². The van der Waals surface area contributed by atoms with Crippen LogP contribution >= 0.6 is 12.2 Å². The summed E-state index contributed by atoms with van der Waals surface area (Å²) in [6.07, 6.45) is 0. The highest BCUT2D eigenvalue weighted by atomic mass is 32.1. The van der Waals surface area contributed by atoms with Crippen molar-refractivity contribution in [1.29, 1.82) is 0 Å². The second-order valence-electron chi connectivity index (χ2n) is 3.50. The summed E-state index contributed by atoms with van der Waals surface area (Å²) >= 11 is 5.13. The molecule has 2 N–H and O–H groups in total. The van der Waals surface area contributed by atoms with Gasteiger partial charge in [-0.1, -0.05) is 18.2 Å². The Kier molecular flexibility index (Phi) is 4.79. The summed E-state index contributed by atoms with van der Waals surface area (Å²) in [5.74, 6) is 0.799. The second kappa shape index (κ2) is 6.12. The van der Waals surface area contributed by atoms with E-state index in [2.05, 4.69) is 17.2 Å². The third-order valence-corrected chi connectivity index (χ3v) is 2.12. The van der Waals surface area contributed by atoms with Crippen molar-refractivity contribution in [2.24, 2.45) is 0 Å². The highest BCUT2D eigenvalue weighted by Crippen LogP contribution is 2.16. The average molecular weight is 236 g/mol. The fourth-order valence-corrected chi connectivity index (χ4v) is 1.30.